The van der Waals surface area contributed by atoms with Crippen LogP contribution in [0.2, 0.25) is 18.1 Å². The Morgan fingerprint density at radius 1 is 1.11 bits per heavy atom. The Balaban J connectivity index is 1.88. The Hall–Kier alpha value is -2.16. The van der Waals surface area contributed by atoms with Gasteiger partial charge in [0.25, 0.3) is 6.02 Å². The van der Waals surface area contributed by atoms with Gasteiger partial charge >= 0.3 is 0 Å². The lowest BCUT2D eigenvalue weighted by Crippen LogP contribution is -2.53. The van der Waals surface area contributed by atoms with Crippen LogP contribution >= 0.6 is 0 Å². The summed E-state index contributed by atoms with van der Waals surface area (Å²) in [7, 11) is -5.68. The van der Waals surface area contributed by atoms with Crippen LogP contribution in [0, 0.1) is 6.92 Å². The third-order valence-electron chi connectivity index (χ3n) is 6.99. The number of aliphatic imine (C=N–C) groups is 1. The van der Waals surface area contributed by atoms with Crippen LogP contribution in [0.4, 0.5) is 0 Å². The summed E-state index contributed by atoms with van der Waals surface area (Å²) in [5.41, 5.74) is 1.68. The van der Waals surface area contributed by atoms with Crippen LogP contribution in [0.5, 0.6) is 0 Å². The lowest BCUT2D eigenvalue weighted by molar-refractivity contribution is 0.0759. The van der Waals surface area contributed by atoms with Crippen molar-refractivity contribution >= 4 is 24.4 Å². The smallest absolute Gasteiger partial charge is 0.299 e. The molecule has 1 aliphatic rings. The SMILES string of the molecule is Cc1cccc(C2C(C)(C)OC(=NC(CCO[Si](C)(C)C(C)(C)C)c3ccccc3)NS2(=O)=O)c1. The number of hydrogen-bond acceptors (Lipinski definition) is 5. The van der Waals surface area contributed by atoms with E-state index >= 15 is 0 Å². The molecule has 192 valence electrons. The number of nitrogens with zero attached hydrogens (tertiary/aromatic N) is 1. The summed E-state index contributed by atoms with van der Waals surface area (Å²) in [5.74, 6) is 0. The molecular formula is C27H40N2O4SSi. The van der Waals surface area contributed by atoms with Gasteiger partial charge in [-0.25, -0.2) is 18.1 Å². The van der Waals surface area contributed by atoms with Crippen LogP contribution in [0.15, 0.2) is 59.6 Å². The molecule has 2 aromatic rings. The molecule has 0 amide bonds. The molecule has 1 saturated heterocycles. The van der Waals surface area contributed by atoms with Crippen molar-refractivity contribution in [3.05, 3.63) is 71.3 Å². The summed E-state index contributed by atoms with van der Waals surface area (Å²) in [6, 6.07) is 17.1. The Bertz CT molecular complexity index is 1160. The highest BCUT2D eigenvalue weighted by Gasteiger charge is 2.48. The van der Waals surface area contributed by atoms with E-state index in [0.717, 1.165) is 11.1 Å². The van der Waals surface area contributed by atoms with Crippen molar-refractivity contribution in [2.45, 2.75) is 83.0 Å². The Kier molecular flexibility index (Phi) is 7.89. The second kappa shape index (κ2) is 10.1. The van der Waals surface area contributed by atoms with Crippen molar-refractivity contribution in [2.75, 3.05) is 6.61 Å². The average molecular weight is 517 g/mol. The summed E-state index contributed by atoms with van der Waals surface area (Å²) in [5, 5.41) is -0.746. The van der Waals surface area contributed by atoms with Gasteiger partial charge in [0, 0.05) is 6.61 Å². The highest BCUT2D eigenvalue weighted by molar-refractivity contribution is 7.90. The van der Waals surface area contributed by atoms with Crippen molar-refractivity contribution in [3.8, 4) is 0 Å². The highest BCUT2D eigenvalue weighted by Crippen LogP contribution is 2.40. The van der Waals surface area contributed by atoms with E-state index in [0.29, 0.717) is 18.6 Å². The maximum absolute atomic E-state index is 13.4. The van der Waals surface area contributed by atoms with Crippen LogP contribution in [-0.4, -0.2) is 35.0 Å². The van der Waals surface area contributed by atoms with Crippen LogP contribution in [0.1, 0.15) is 69.0 Å². The number of benzene rings is 2. The number of nitrogens with one attached hydrogen (secondary N) is 1. The van der Waals surface area contributed by atoms with Gasteiger partial charge < -0.3 is 9.16 Å². The third kappa shape index (κ3) is 6.54. The van der Waals surface area contributed by atoms with Crippen LogP contribution in [-0.2, 0) is 19.2 Å². The number of amidine groups is 1. The topological polar surface area (TPSA) is 77.0 Å². The monoisotopic (exact) mass is 516 g/mol. The molecule has 2 aromatic carbocycles. The van der Waals surface area contributed by atoms with E-state index in [4.69, 9.17) is 14.2 Å². The molecule has 2 atom stereocenters. The Morgan fingerprint density at radius 2 is 1.77 bits per heavy atom. The maximum Gasteiger partial charge on any atom is 0.299 e. The van der Waals surface area contributed by atoms with E-state index in [1.807, 2.05) is 61.5 Å². The minimum absolute atomic E-state index is 0.0279. The van der Waals surface area contributed by atoms with Gasteiger partial charge in [0.15, 0.2) is 8.32 Å². The first-order valence-electron chi connectivity index (χ1n) is 12.2. The van der Waals surface area contributed by atoms with Gasteiger partial charge in [-0.15, -0.1) is 0 Å². The number of aryl methyl sites for hydroxylation is 1. The minimum Gasteiger partial charge on any atom is -0.457 e. The molecular weight excluding hydrogens is 476 g/mol. The molecule has 0 aromatic heterocycles. The molecule has 0 bridgehead atoms. The Morgan fingerprint density at radius 3 is 2.34 bits per heavy atom. The maximum atomic E-state index is 13.4. The summed E-state index contributed by atoms with van der Waals surface area (Å²) < 4.78 is 42.0. The fourth-order valence-corrected chi connectivity index (χ4v) is 6.93. The fraction of sp³-hybridized carbons (Fsp3) is 0.519. The predicted molar refractivity (Wildman–Crippen MR) is 146 cm³/mol. The van der Waals surface area contributed by atoms with Crippen molar-refractivity contribution in [1.82, 2.24) is 4.72 Å². The van der Waals surface area contributed by atoms with E-state index in [1.165, 1.54) is 0 Å². The summed E-state index contributed by atoms with van der Waals surface area (Å²) >= 11 is 0. The Labute approximate surface area is 212 Å². The molecule has 0 radical (unpaired) electrons. The van der Waals surface area contributed by atoms with E-state index in [9.17, 15) is 8.42 Å². The molecule has 1 fully saturated rings. The van der Waals surface area contributed by atoms with E-state index in [-0.39, 0.29) is 17.1 Å². The van der Waals surface area contributed by atoms with Gasteiger partial charge in [0.2, 0.25) is 10.0 Å². The lowest BCUT2D eigenvalue weighted by Gasteiger charge is -2.39. The fourth-order valence-electron chi connectivity index (χ4n) is 4.11. The van der Waals surface area contributed by atoms with Gasteiger partial charge in [-0.2, -0.15) is 0 Å². The van der Waals surface area contributed by atoms with Gasteiger partial charge in [0.1, 0.15) is 10.9 Å². The first-order chi connectivity index (χ1) is 16.1. The van der Waals surface area contributed by atoms with Crippen LogP contribution in [0.25, 0.3) is 0 Å². The summed E-state index contributed by atoms with van der Waals surface area (Å²) in [6.07, 6.45) is 0.618. The van der Waals surface area contributed by atoms with Gasteiger partial charge in [-0.05, 0) is 56.5 Å². The van der Waals surface area contributed by atoms with Gasteiger partial charge in [-0.1, -0.05) is 80.9 Å². The van der Waals surface area contributed by atoms with Crippen molar-refractivity contribution < 1.29 is 17.6 Å². The van der Waals surface area contributed by atoms with Gasteiger partial charge in [0.05, 0.1) is 6.04 Å². The number of rotatable bonds is 7. The zero-order chi connectivity index (χ0) is 26.1. The van der Waals surface area contributed by atoms with Gasteiger partial charge in [-0.3, -0.25) is 0 Å². The summed E-state index contributed by atoms with van der Waals surface area (Å²) in [4.78, 5) is 4.76. The highest BCUT2D eigenvalue weighted by atomic mass is 32.2. The standard InChI is InChI=1S/C27H40N2O4SSi/c1-20-13-12-16-22(19-20)24-27(5,6)33-25(29-34(24,30)31)28-23(21-14-10-9-11-15-21)17-18-32-35(7,8)26(2,3)4/h9-16,19,23-24H,17-18H2,1-8H3,(H,28,29). The van der Waals surface area contributed by atoms with E-state index < -0.39 is 29.2 Å². The quantitative estimate of drug-likeness (QED) is 0.440. The van der Waals surface area contributed by atoms with Crippen molar-refractivity contribution in [3.63, 3.8) is 0 Å². The van der Waals surface area contributed by atoms with Crippen molar-refractivity contribution in [1.29, 1.82) is 0 Å². The molecule has 0 aliphatic carbocycles. The van der Waals surface area contributed by atoms with Crippen LogP contribution < -0.4 is 4.72 Å². The molecule has 1 N–H and O–H groups in total. The predicted octanol–water partition coefficient (Wildman–Crippen LogP) is 6.27. The molecule has 8 heteroatoms. The first kappa shape index (κ1) is 27.4. The molecule has 2 unspecified atom stereocenters. The second-order valence-corrected chi connectivity index (χ2v) is 18.0. The molecule has 3 rings (SSSR count). The second-order valence-electron chi connectivity index (χ2n) is 11.4. The van der Waals surface area contributed by atoms with Crippen molar-refractivity contribution in [2.24, 2.45) is 4.99 Å². The lowest BCUT2D eigenvalue weighted by atomic mass is 9.96. The first-order valence-corrected chi connectivity index (χ1v) is 16.6. The zero-order valence-electron chi connectivity index (χ0n) is 22.3. The molecule has 0 saturated carbocycles. The molecule has 6 nitrogen and oxygen atoms in total. The third-order valence-corrected chi connectivity index (χ3v) is 13.5. The van der Waals surface area contributed by atoms with Crippen LogP contribution in [0.3, 0.4) is 0 Å². The largest absolute Gasteiger partial charge is 0.457 e. The molecule has 1 heterocycles. The minimum atomic E-state index is -3.77. The normalized spacial score (nSPS) is 21.7. The molecule has 35 heavy (non-hydrogen) atoms. The number of sulfonamides is 1. The average Bonchev–Trinajstić information content (AvgIpc) is 2.71. The van der Waals surface area contributed by atoms with E-state index in [2.05, 4.69) is 38.6 Å². The summed E-state index contributed by atoms with van der Waals surface area (Å²) in [6.45, 7) is 17.2. The number of ether oxygens (including phenoxy) is 1. The van der Waals surface area contributed by atoms with E-state index in [1.54, 1.807) is 13.8 Å². The zero-order valence-corrected chi connectivity index (χ0v) is 24.1. The number of hydrogen-bond donors (Lipinski definition) is 1. The molecule has 1 aliphatic heterocycles. The molecule has 0 spiro atoms.